The summed E-state index contributed by atoms with van der Waals surface area (Å²) in [6, 6.07) is 1.04. The van der Waals surface area contributed by atoms with E-state index in [9.17, 15) is 13.2 Å². The predicted octanol–water partition coefficient (Wildman–Crippen LogP) is 2.68. The molecule has 0 bridgehead atoms. The van der Waals surface area contributed by atoms with Crippen molar-refractivity contribution in [2.24, 2.45) is 5.92 Å². The highest BCUT2D eigenvalue weighted by atomic mass is 79.9. The topological polar surface area (TPSA) is 36.4 Å². The first-order valence-corrected chi connectivity index (χ1v) is 6.29. The van der Waals surface area contributed by atoms with Gasteiger partial charge in [0.2, 0.25) is 0 Å². The number of nitrogens with zero attached hydrogens (tertiary/aromatic N) is 2. The van der Waals surface area contributed by atoms with Gasteiger partial charge in [0.25, 0.3) is 0 Å². The lowest BCUT2D eigenvalue weighted by Gasteiger charge is -2.21. The first kappa shape index (κ1) is 13.6. The number of anilines is 1. The van der Waals surface area contributed by atoms with Gasteiger partial charge in [-0.2, -0.15) is 13.2 Å². The van der Waals surface area contributed by atoms with Crippen LogP contribution in [-0.2, 0) is 6.18 Å². The second-order valence-corrected chi connectivity index (χ2v) is 5.22. The Bertz CT molecular complexity index is 439. The van der Waals surface area contributed by atoms with Crippen molar-refractivity contribution in [3.63, 3.8) is 0 Å². The number of hydrogen-bond acceptors (Lipinski definition) is 3. The molecule has 1 aliphatic heterocycles. The molecule has 1 aromatic rings. The van der Waals surface area contributed by atoms with Crippen molar-refractivity contribution in [3.05, 3.63) is 22.3 Å². The summed E-state index contributed by atoms with van der Waals surface area (Å²) in [6.07, 6.45) is -2.38. The van der Waals surface area contributed by atoms with Crippen LogP contribution in [0.1, 0.15) is 12.0 Å². The predicted molar refractivity (Wildman–Crippen MR) is 64.3 cm³/mol. The summed E-state index contributed by atoms with van der Waals surface area (Å²) in [5.74, 6) is -0.0295. The van der Waals surface area contributed by atoms with Crippen molar-refractivity contribution < 1.29 is 18.3 Å². The second-order valence-electron chi connectivity index (χ2n) is 4.31. The zero-order valence-corrected chi connectivity index (χ0v) is 11.0. The van der Waals surface area contributed by atoms with E-state index >= 15 is 0 Å². The number of aliphatic hydroxyl groups excluding tert-OH is 1. The largest absolute Gasteiger partial charge is 0.419 e. The van der Waals surface area contributed by atoms with E-state index in [0.29, 0.717) is 24.0 Å². The number of rotatable bonds is 2. The molecule has 100 valence electrons. The first-order valence-electron chi connectivity index (χ1n) is 5.50. The van der Waals surface area contributed by atoms with Gasteiger partial charge in [-0.05, 0) is 28.4 Å². The zero-order valence-electron chi connectivity index (χ0n) is 9.41. The lowest BCUT2D eigenvalue weighted by Crippen LogP contribution is -2.25. The van der Waals surface area contributed by atoms with Crippen molar-refractivity contribution in [3.8, 4) is 0 Å². The number of aliphatic hydroxyl groups is 1. The highest BCUT2D eigenvalue weighted by Crippen LogP contribution is 2.38. The molecule has 1 unspecified atom stereocenters. The van der Waals surface area contributed by atoms with E-state index in [4.69, 9.17) is 5.11 Å². The van der Waals surface area contributed by atoms with Crippen LogP contribution in [0.15, 0.2) is 16.7 Å². The van der Waals surface area contributed by atoms with E-state index in [1.165, 1.54) is 6.20 Å². The Morgan fingerprint density at radius 3 is 2.78 bits per heavy atom. The Labute approximate surface area is 111 Å². The molecule has 3 nitrogen and oxygen atoms in total. The lowest BCUT2D eigenvalue weighted by atomic mass is 10.1. The van der Waals surface area contributed by atoms with Gasteiger partial charge in [0.05, 0.1) is 5.56 Å². The van der Waals surface area contributed by atoms with Crippen LogP contribution in [0.25, 0.3) is 0 Å². The molecule has 2 heterocycles. The van der Waals surface area contributed by atoms with Crippen LogP contribution in [0.5, 0.6) is 0 Å². The molecule has 1 aliphatic rings. The molecule has 7 heteroatoms. The third kappa shape index (κ3) is 2.77. The van der Waals surface area contributed by atoms with Crippen LogP contribution in [0.3, 0.4) is 0 Å². The second kappa shape index (κ2) is 5.05. The molecule has 2 rings (SSSR count). The van der Waals surface area contributed by atoms with Gasteiger partial charge < -0.3 is 10.0 Å². The van der Waals surface area contributed by atoms with E-state index in [-0.39, 0.29) is 18.3 Å². The van der Waals surface area contributed by atoms with Gasteiger partial charge >= 0.3 is 6.18 Å². The fraction of sp³-hybridized carbons (Fsp3) is 0.545. The molecule has 0 radical (unpaired) electrons. The third-order valence-corrected chi connectivity index (χ3v) is 3.42. The van der Waals surface area contributed by atoms with Gasteiger partial charge in [-0.1, -0.05) is 0 Å². The van der Waals surface area contributed by atoms with Gasteiger partial charge in [-0.25, -0.2) is 4.98 Å². The Morgan fingerprint density at radius 2 is 2.22 bits per heavy atom. The maximum atomic E-state index is 12.9. The van der Waals surface area contributed by atoms with Crippen molar-refractivity contribution in [1.82, 2.24) is 4.98 Å². The molecule has 1 aromatic heterocycles. The normalized spacial score (nSPS) is 20.5. The molecular weight excluding hydrogens is 313 g/mol. The molecule has 1 N–H and O–H groups in total. The van der Waals surface area contributed by atoms with Gasteiger partial charge in [0, 0.05) is 36.3 Å². The highest BCUT2D eigenvalue weighted by molar-refractivity contribution is 9.10. The van der Waals surface area contributed by atoms with Gasteiger partial charge in [-0.3, -0.25) is 0 Å². The molecule has 0 saturated carbocycles. The monoisotopic (exact) mass is 324 g/mol. The van der Waals surface area contributed by atoms with Crippen LogP contribution < -0.4 is 4.90 Å². The summed E-state index contributed by atoms with van der Waals surface area (Å²) >= 11 is 3.00. The van der Waals surface area contributed by atoms with Crippen molar-refractivity contribution in [1.29, 1.82) is 0 Å². The van der Waals surface area contributed by atoms with E-state index in [0.717, 1.165) is 6.07 Å². The van der Waals surface area contributed by atoms with Crippen LogP contribution in [0, 0.1) is 5.92 Å². The summed E-state index contributed by atoms with van der Waals surface area (Å²) in [7, 11) is 0. The number of halogens is 4. The average Bonchev–Trinajstić information content (AvgIpc) is 2.76. The van der Waals surface area contributed by atoms with Crippen molar-refractivity contribution in [2.75, 3.05) is 24.6 Å². The minimum absolute atomic E-state index is 0.00558. The van der Waals surface area contributed by atoms with E-state index in [1.807, 2.05) is 0 Å². The minimum atomic E-state index is -4.43. The summed E-state index contributed by atoms with van der Waals surface area (Å²) < 4.78 is 39.1. The minimum Gasteiger partial charge on any atom is -0.396 e. The molecule has 1 atom stereocenters. The van der Waals surface area contributed by atoms with Crippen LogP contribution in [-0.4, -0.2) is 29.8 Å². The van der Waals surface area contributed by atoms with Crippen LogP contribution >= 0.6 is 15.9 Å². The Morgan fingerprint density at radius 1 is 1.50 bits per heavy atom. The number of aromatic nitrogens is 1. The van der Waals surface area contributed by atoms with E-state index in [2.05, 4.69) is 20.9 Å². The maximum Gasteiger partial charge on any atom is 0.419 e. The molecule has 1 fully saturated rings. The SMILES string of the molecule is OCC1CCN(c2ncc(Br)cc2C(F)(F)F)C1. The van der Waals surface area contributed by atoms with E-state index in [1.54, 1.807) is 4.90 Å². The summed E-state index contributed by atoms with van der Waals surface area (Å²) in [5, 5.41) is 9.03. The smallest absolute Gasteiger partial charge is 0.396 e. The number of alkyl halides is 3. The zero-order chi connectivity index (χ0) is 13.3. The molecule has 0 aliphatic carbocycles. The maximum absolute atomic E-state index is 12.9. The average molecular weight is 325 g/mol. The fourth-order valence-corrected chi connectivity index (χ4v) is 2.40. The Hall–Kier alpha value is -0.820. The summed E-state index contributed by atoms with van der Waals surface area (Å²) in [4.78, 5) is 5.45. The van der Waals surface area contributed by atoms with Crippen molar-refractivity contribution in [2.45, 2.75) is 12.6 Å². The van der Waals surface area contributed by atoms with E-state index < -0.39 is 11.7 Å². The van der Waals surface area contributed by atoms with Crippen LogP contribution in [0.4, 0.5) is 19.0 Å². The first-order chi connectivity index (χ1) is 8.41. The van der Waals surface area contributed by atoms with Crippen LogP contribution in [0.2, 0.25) is 0 Å². The van der Waals surface area contributed by atoms with Gasteiger partial charge in [0.1, 0.15) is 5.82 Å². The van der Waals surface area contributed by atoms with Gasteiger partial charge in [-0.15, -0.1) is 0 Å². The van der Waals surface area contributed by atoms with Gasteiger partial charge in [0.15, 0.2) is 0 Å². The Balaban J connectivity index is 2.33. The molecule has 1 saturated heterocycles. The fourth-order valence-electron chi connectivity index (χ4n) is 2.07. The molecule has 18 heavy (non-hydrogen) atoms. The Kier molecular flexibility index (Phi) is 3.82. The molecule has 0 aromatic carbocycles. The highest BCUT2D eigenvalue weighted by Gasteiger charge is 2.37. The summed E-state index contributed by atoms with van der Waals surface area (Å²) in [6.45, 7) is 0.894. The number of hydrogen-bond donors (Lipinski definition) is 1. The third-order valence-electron chi connectivity index (χ3n) is 2.98. The standard InChI is InChI=1S/C11H12BrF3N2O/c12-8-3-9(11(13,14)15)10(16-4-8)17-2-1-7(5-17)6-18/h3-4,7,18H,1-2,5-6H2. The molecule has 0 spiro atoms. The summed E-state index contributed by atoms with van der Waals surface area (Å²) in [5.41, 5.74) is -0.740. The quantitative estimate of drug-likeness (QED) is 0.908. The molecular formula is C11H12BrF3N2O. The molecule has 0 amide bonds. The van der Waals surface area contributed by atoms with Crippen molar-refractivity contribution >= 4 is 21.7 Å². The lowest BCUT2D eigenvalue weighted by molar-refractivity contribution is -0.137. The number of pyridine rings is 1.